The van der Waals surface area contributed by atoms with E-state index in [4.69, 9.17) is 4.74 Å². The number of benzene rings is 1. The lowest BCUT2D eigenvalue weighted by atomic mass is 10.3. The second-order valence-corrected chi connectivity index (χ2v) is 4.44. The Kier molecular flexibility index (Phi) is 5.03. The largest absolute Gasteiger partial charge is 0.436 e. The normalized spacial score (nSPS) is 10.5. The molecule has 112 valence electrons. The van der Waals surface area contributed by atoms with Gasteiger partial charge in [-0.1, -0.05) is 13.0 Å². The fourth-order valence-corrected chi connectivity index (χ4v) is 1.81. The Morgan fingerprint density at radius 3 is 2.71 bits per heavy atom. The molecule has 21 heavy (non-hydrogen) atoms. The molecule has 0 aliphatic rings. The fourth-order valence-electron chi connectivity index (χ4n) is 1.81. The summed E-state index contributed by atoms with van der Waals surface area (Å²) in [5, 5.41) is 3.06. The van der Waals surface area contributed by atoms with Crippen molar-refractivity contribution in [2.45, 2.75) is 26.7 Å². The van der Waals surface area contributed by atoms with Gasteiger partial charge in [-0.25, -0.2) is 9.37 Å². The van der Waals surface area contributed by atoms with Crippen LogP contribution in [0.2, 0.25) is 0 Å². The van der Waals surface area contributed by atoms with Gasteiger partial charge in [0.1, 0.15) is 11.6 Å². The summed E-state index contributed by atoms with van der Waals surface area (Å²) in [6.45, 7) is 4.64. The number of hydrogen-bond donors (Lipinski definition) is 1. The lowest BCUT2D eigenvalue weighted by Crippen LogP contribution is -2.05. The van der Waals surface area contributed by atoms with Crippen LogP contribution in [0.15, 0.2) is 24.3 Å². The van der Waals surface area contributed by atoms with Gasteiger partial charge < -0.3 is 10.1 Å². The minimum atomic E-state index is -1.03. The Hall–Kier alpha value is -2.24. The van der Waals surface area contributed by atoms with Crippen LogP contribution in [0.5, 0.6) is 11.6 Å². The first kappa shape index (κ1) is 15.2. The number of halogens is 2. The molecule has 6 heteroatoms. The lowest BCUT2D eigenvalue weighted by molar-refractivity contribution is 0.403. The van der Waals surface area contributed by atoms with Crippen LogP contribution in [0.4, 0.5) is 14.6 Å². The number of hydrogen-bond acceptors (Lipinski definition) is 4. The maximum absolute atomic E-state index is 13.6. The molecule has 0 aliphatic heterocycles. The van der Waals surface area contributed by atoms with E-state index < -0.39 is 11.6 Å². The minimum absolute atomic E-state index is 0.189. The van der Waals surface area contributed by atoms with E-state index in [1.54, 1.807) is 6.07 Å². The zero-order chi connectivity index (χ0) is 15.2. The third kappa shape index (κ3) is 3.87. The van der Waals surface area contributed by atoms with Crippen LogP contribution in [-0.4, -0.2) is 16.5 Å². The molecule has 0 radical (unpaired) electrons. The van der Waals surface area contributed by atoms with Gasteiger partial charge in [0.25, 0.3) is 0 Å². The highest BCUT2D eigenvalue weighted by Crippen LogP contribution is 2.26. The van der Waals surface area contributed by atoms with Gasteiger partial charge in [0, 0.05) is 19.0 Å². The van der Waals surface area contributed by atoms with Crippen molar-refractivity contribution in [1.82, 2.24) is 9.97 Å². The fraction of sp³-hybridized carbons (Fsp3) is 0.333. The average molecular weight is 293 g/mol. The number of nitrogens with one attached hydrogen (secondary N) is 1. The van der Waals surface area contributed by atoms with Gasteiger partial charge in [0.2, 0.25) is 11.7 Å². The Morgan fingerprint density at radius 2 is 2.00 bits per heavy atom. The highest BCUT2D eigenvalue weighted by atomic mass is 19.2. The molecule has 1 heterocycles. The Bertz CT molecular complexity index is 596. The number of rotatable bonds is 6. The van der Waals surface area contributed by atoms with E-state index in [0.29, 0.717) is 24.6 Å². The van der Waals surface area contributed by atoms with E-state index in [2.05, 4.69) is 15.3 Å². The first-order valence-corrected chi connectivity index (χ1v) is 6.87. The highest BCUT2D eigenvalue weighted by Gasteiger charge is 2.12. The molecular formula is C15H17F2N3O. The van der Waals surface area contributed by atoms with Crippen LogP contribution < -0.4 is 10.1 Å². The van der Waals surface area contributed by atoms with Crippen molar-refractivity contribution < 1.29 is 13.5 Å². The Morgan fingerprint density at radius 1 is 1.19 bits per heavy atom. The van der Waals surface area contributed by atoms with E-state index in [0.717, 1.165) is 12.5 Å². The Balaban J connectivity index is 2.31. The molecule has 1 N–H and O–H groups in total. The van der Waals surface area contributed by atoms with Gasteiger partial charge in [-0.05, 0) is 25.5 Å². The van der Waals surface area contributed by atoms with Crippen molar-refractivity contribution in [2.75, 3.05) is 11.9 Å². The van der Waals surface area contributed by atoms with Crippen LogP contribution in [0.1, 0.15) is 26.1 Å². The van der Waals surface area contributed by atoms with Crippen molar-refractivity contribution in [3.63, 3.8) is 0 Å². The van der Waals surface area contributed by atoms with Crippen molar-refractivity contribution in [2.24, 2.45) is 0 Å². The molecule has 0 saturated heterocycles. The number of aryl methyl sites for hydroxylation is 1. The predicted octanol–water partition coefficient (Wildman–Crippen LogP) is 3.93. The monoisotopic (exact) mass is 293 g/mol. The van der Waals surface area contributed by atoms with Gasteiger partial charge in [0.15, 0.2) is 11.6 Å². The van der Waals surface area contributed by atoms with E-state index in [1.165, 1.54) is 12.1 Å². The minimum Gasteiger partial charge on any atom is -0.436 e. The van der Waals surface area contributed by atoms with Gasteiger partial charge in [-0.2, -0.15) is 9.37 Å². The topological polar surface area (TPSA) is 47.0 Å². The summed E-state index contributed by atoms with van der Waals surface area (Å²) in [6, 6.07) is 5.34. The van der Waals surface area contributed by atoms with Crippen molar-refractivity contribution in [1.29, 1.82) is 0 Å². The van der Waals surface area contributed by atoms with Crippen LogP contribution in [-0.2, 0) is 6.42 Å². The number of aromatic nitrogens is 2. The second kappa shape index (κ2) is 6.97. The van der Waals surface area contributed by atoms with Gasteiger partial charge >= 0.3 is 0 Å². The standard InChI is InChI=1S/C15H17F2N3O/c1-3-6-12-19-13(18-4-2)9-14(20-12)21-11-8-5-7-10(16)15(11)17/h5,7-9H,3-4,6H2,1-2H3,(H,18,19,20). The van der Waals surface area contributed by atoms with Crippen molar-refractivity contribution in [3.05, 3.63) is 41.7 Å². The number of ether oxygens (including phenoxy) is 1. The van der Waals surface area contributed by atoms with Crippen LogP contribution in [0.25, 0.3) is 0 Å². The first-order valence-electron chi connectivity index (χ1n) is 6.87. The second-order valence-electron chi connectivity index (χ2n) is 4.44. The molecule has 0 amide bonds. The van der Waals surface area contributed by atoms with E-state index in [-0.39, 0.29) is 11.6 Å². The zero-order valence-corrected chi connectivity index (χ0v) is 12.0. The Labute approximate surface area is 122 Å². The molecule has 1 aromatic carbocycles. The maximum atomic E-state index is 13.6. The molecule has 0 saturated carbocycles. The predicted molar refractivity (Wildman–Crippen MR) is 76.6 cm³/mol. The molecule has 0 unspecified atom stereocenters. The molecule has 0 bridgehead atoms. The molecule has 0 fully saturated rings. The third-order valence-corrected chi connectivity index (χ3v) is 2.71. The molecule has 0 atom stereocenters. The summed E-state index contributed by atoms with van der Waals surface area (Å²) >= 11 is 0. The summed E-state index contributed by atoms with van der Waals surface area (Å²) < 4.78 is 32.2. The summed E-state index contributed by atoms with van der Waals surface area (Å²) in [5.41, 5.74) is 0. The van der Waals surface area contributed by atoms with Crippen LogP contribution >= 0.6 is 0 Å². The van der Waals surface area contributed by atoms with E-state index in [1.807, 2.05) is 13.8 Å². The van der Waals surface area contributed by atoms with Gasteiger partial charge in [0.05, 0.1) is 0 Å². The third-order valence-electron chi connectivity index (χ3n) is 2.71. The van der Waals surface area contributed by atoms with Crippen molar-refractivity contribution >= 4 is 5.82 Å². The number of nitrogens with zero attached hydrogens (tertiary/aromatic N) is 2. The quantitative estimate of drug-likeness (QED) is 0.876. The van der Waals surface area contributed by atoms with Crippen LogP contribution in [0.3, 0.4) is 0 Å². The zero-order valence-electron chi connectivity index (χ0n) is 12.0. The molecule has 2 aromatic rings. The molecule has 4 nitrogen and oxygen atoms in total. The van der Waals surface area contributed by atoms with Gasteiger partial charge in [-0.15, -0.1) is 0 Å². The van der Waals surface area contributed by atoms with Gasteiger partial charge in [-0.3, -0.25) is 0 Å². The molecular weight excluding hydrogens is 276 g/mol. The van der Waals surface area contributed by atoms with E-state index >= 15 is 0 Å². The molecule has 0 spiro atoms. The smallest absolute Gasteiger partial charge is 0.224 e. The highest BCUT2D eigenvalue weighted by molar-refractivity contribution is 5.40. The first-order chi connectivity index (χ1) is 10.1. The maximum Gasteiger partial charge on any atom is 0.224 e. The lowest BCUT2D eigenvalue weighted by Gasteiger charge is -2.10. The van der Waals surface area contributed by atoms with Crippen molar-refractivity contribution in [3.8, 4) is 11.6 Å². The molecule has 2 rings (SSSR count). The van der Waals surface area contributed by atoms with Crippen LogP contribution in [0, 0.1) is 11.6 Å². The number of anilines is 1. The summed E-state index contributed by atoms with van der Waals surface area (Å²) in [5.74, 6) is -0.793. The summed E-state index contributed by atoms with van der Waals surface area (Å²) in [7, 11) is 0. The summed E-state index contributed by atoms with van der Waals surface area (Å²) in [6.07, 6.45) is 1.56. The van der Waals surface area contributed by atoms with E-state index in [9.17, 15) is 8.78 Å². The average Bonchev–Trinajstić information content (AvgIpc) is 2.44. The SMILES string of the molecule is CCCc1nc(NCC)cc(Oc2cccc(F)c2F)n1. The summed E-state index contributed by atoms with van der Waals surface area (Å²) in [4.78, 5) is 8.53. The molecule has 0 aliphatic carbocycles. The molecule has 1 aromatic heterocycles.